The summed E-state index contributed by atoms with van der Waals surface area (Å²) in [6, 6.07) is 21.7. The van der Waals surface area contributed by atoms with Crippen molar-refractivity contribution in [2.45, 2.75) is 12.1 Å². The molecule has 0 aliphatic rings. The summed E-state index contributed by atoms with van der Waals surface area (Å²) in [4.78, 5) is 21.5. The molecule has 0 radical (unpaired) electrons. The molecule has 3 aromatic heterocycles. The van der Waals surface area contributed by atoms with Crippen molar-refractivity contribution >= 4 is 34.1 Å². The average Bonchev–Trinajstić information content (AvgIpc) is 3.51. The lowest BCUT2D eigenvalue weighted by Gasteiger charge is -2.10. The van der Waals surface area contributed by atoms with Crippen LogP contribution in [0.3, 0.4) is 0 Å². The highest BCUT2D eigenvalue weighted by Crippen LogP contribution is 2.29. The van der Waals surface area contributed by atoms with E-state index in [2.05, 4.69) is 25.5 Å². The molecule has 0 bridgehead atoms. The van der Waals surface area contributed by atoms with E-state index in [1.165, 1.54) is 23.1 Å². The molecule has 0 atom stereocenters. The number of thiazole rings is 1. The average molecular weight is 485 g/mol. The van der Waals surface area contributed by atoms with Crippen LogP contribution in [0.4, 0.5) is 5.13 Å². The summed E-state index contributed by atoms with van der Waals surface area (Å²) in [5.74, 6) is 0.698. The molecule has 0 fully saturated rings. The maximum absolute atomic E-state index is 12.7. The van der Waals surface area contributed by atoms with Crippen molar-refractivity contribution in [2.75, 3.05) is 11.1 Å². The summed E-state index contributed by atoms with van der Waals surface area (Å²) < 4.78 is 1.94. The molecular formula is C25H20N6OS2. The fourth-order valence-corrected chi connectivity index (χ4v) is 4.93. The van der Waals surface area contributed by atoms with Crippen molar-refractivity contribution < 1.29 is 4.79 Å². The number of anilines is 1. The molecule has 5 rings (SSSR count). The number of hydrogen-bond donors (Lipinski definition) is 1. The number of hydrogen-bond acceptors (Lipinski definition) is 7. The fourth-order valence-electron chi connectivity index (χ4n) is 3.46. The number of rotatable bonds is 7. The Bertz CT molecular complexity index is 1420. The molecule has 168 valence electrons. The Morgan fingerprint density at radius 1 is 1.03 bits per heavy atom. The second-order valence-electron chi connectivity index (χ2n) is 7.41. The number of thioether (sulfide) groups is 1. The van der Waals surface area contributed by atoms with Gasteiger partial charge in [0, 0.05) is 34.6 Å². The van der Waals surface area contributed by atoms with Gasteiger partial charge in [0.05, 0.1) is 11.4 Å². The van der Waals surface area contributed by atoms with E-state index in [-0.39, 0.29) is 11.7 Å². The Balaban J connectivity index is 1.32. The lowest BCUT2D eigenvalue weighted by atomic mass is 10.1. The number of amides is 1. The van der Waals surface area contributed by atoms with Crippen LogP contribution in [0.2, 0.25) is 0 Å². The van der Waals surface area contributed by atoms with Crippen molar-refractivity contribution in [2.24, 2.45) is 0 Å². The largest absolute Gasteiger partial charge is 0.301 e. The number of aryl methyl sites for hydroxylation is 1. The molecule has 1 amide bonds. The number of nitrogens with zero attached hydrogens (tertiary/aromatic N) is 5. The fraction of sp³-hybridized carbons (Fsp3) is 0.0800. The molecule has 0 saturated heterocycles. The number of carbonyl (C=O) groups is 1. The van der Waals surface area contributed by atoms with Gasteiger partial charge >= 0.3 is 0 Å². The lowest BCUT2D eigenvalue weighted by molar-refractivity contribution is -0.113. The minimum Gasteiger partial charge on any atom is -0.301 e. The Morgan fingerprint density at radius 3 is 2.65 bits per heavy atom. The van der Waals surface area contributed by atoms with Gasteiger partial charge in [-0.25, -0.2) is 4.98 Å². The summed E-state index contributed by atoms with van der Waals surface area (Å²) in [7, 11) is 0. The molecule has 0 unspecified atom stereocenters. The third-order valence-corrected chi connectivity index (χ3v) is 6.76. The van der Waals surface area contributed by atoms with Crippen LogP contribution in [0, 0.1) is 6.92 Å². The standard InChI is InChI=1S/C25H20N6OS2/c1-17-8-5-6-12-20(17)21-15-33-24(27-21)28-22(32)16-34-25-30-29-23(18-9-7-13-26-14-18)31(25)19-10-3-2-4-11-19/h2-15H,16H2,1H3,(H,27,28,32). The maximum atomic E-state index is 12.7. The van der Waals surface area contributed by atoms with Crippen molar-refractivity contribution in [3.63, 3.8) is 0 Å². The third kappa shape index (κ3) is 4.75. The smallest absolute Gasteiger partial charge is 0.236 e. The number of carbonyl (C=O) groups excluding carboxylic acids is 1. The monoisotopic (exact) mass is 484 g/mol. The maximum Gasteiger partial charge on any atom is 0.236 e. The van der Waals surface area contributed by atoms with E-state index >= 15 is 0 Å². The molecule has 0 saturated carbocycles. The molecule has 34 heavy (non-hydrogen) atoms. The molecule has 2 aromatic carbocycles. The summed E-state index contributed by atoms with van der Waals surface area (Å²) in [6.45, 7) is 2.05. The Morgan fingerprint density at radius 2 is 1.85 bits per heavy atom. The molecule has 9 heteroatoms. The molecule has 1 N–H and O–H groups in total. The zero-order chi connectivity index (χ0) is 23.3. The van der Waals surface area contributed by atoms with Crippen molar-refractivity contribution in [3.05, 3.63) is 90.1 Å². The van der Waals surface area contributed by atoms with Crippen LogP contribution in [0.15, 0.2) is 89.7 Å². The molecule has 0 aliphatic heterocycles. The Labute approximate surface area is 204 Å². The van der Waals surface area contributed by atoms with E-state index in [0.717, 1.165) is 28.1 Å². The van der Waals surface area contributed by atoms with Gasteiger partial charge < -0.3 is 5.32 Å². The van der Waals surface area contributed by atoms with E-state index < -0.39 is 0 Å². The normalized spacial score (nSPS) is 10.9. The van der Waals surface area contributed by atoms with E-state index in [1.807, 2.05) is 83.6 Å². The van der Waals surface area contributed by atoms with Gasteiger partial charge in [0.25, 0.3) is 0 Å². The molecule has 3 heterocycles. The van der Waals surface area contributed by atoms with E-state index in [1.54, 1.807) is 12.4 Å². The summed E-state index contributed by atoms with van der Waals surface area (Å²) in [6.07, 6.45) is 3.47. The second kappa shape index (κ2) is 9.98. The SMILES string of the molecule is Cc1ccccc1-c1csc(NC(=O)CSc2nnc(-c3cccnc3)n2-c2ccccc2)n1. The van der Waals surface area contributed by atoms with Crippen molar-refractivity contribution in [3.8, 4) is 28.3 Å². The first-order valence-corrected chi connectivity index (χ1v) is 12.4. The summed E-state index contributed by atoms with van der Waals surface area (Å²) >= 11 is 2.74. The van der Waals surface area contributed by atoms with Crippen LogP contribution in [0.25, 0.3) is 28.3 Å². The highest BCUT2D eigenvalue weighted by Gasteiger charge is 2.18. The number of nitrogens with one attached hydrogen (secondary N) is 1. The van der Waals surface area contributed by atoms with Crippen LogP contribution < -0.4 is 5.32 Å². The lowest BCUT2D eigenvalue weighted by Crippen LogP contribution is -2.14. The molecule has 0 spiro atoms. The van der Waals surface area contributed by atoms with Crippen LogP contribution in [-0.2, 0) is 4.79 Å². The van der Waals surface area contributed by atoms with E-state index in [0.29, 0.717) is 16.1 Å². The second-order valence-corrected chi connectivity index (χ2v) is 9.21. The quantitative estimate of drug-likeness (QED) is 0.307. The van der Waals surface area contributed by atoms with Gasteiger partial charge in [0.2, 0.25) is 5.91 Å². The Hall–Kier alpha value is -3.82. The van der Waals surface area contributed by atoms with E-state index in [9.17, 15) is 4.79 Å². The first kappa shape index (κ1) is 22.0. The molecule has 0 aliphatic carbocycles. The van der Waals surface area contributed by atoms with Crippen LogP contribution in [0.1, 0.15) is 5.56 Å². The zero-order valence-electron chi connectivity index (χ0n) is 18.3. The minimum absolute atomic E-state index is 0.152. The third-order valence-electron chi connectivity index (χ3n) is 5.07. The number of para-hydroxylation sites is 1. The zero-order valence-corrected chi connectivity index (χ0v) is 19.9. The van der Waals surface area contributed by atoms with E-state index in [4.69, 9.17) is 0 Å². The Kier molecular flexibility index (Phi) is 6.46. The highest BCUT2D eigenvalue weighted by molar-refractivity contribution is 7.99. The molecular weight excluding hydrogens is 464 g/mol. The van der Waals surface area contributed by atoms with Gasteiger partial charge in [0.1, 0.15) is 0 Å². The highest BCUT2D eigenvalue weighted by atomic mass is 32.2. The first-order valence-electron chi connectivity index (χ1n) is 10.5. The van der Waals surface area contributed by atoms with Gasteiger partial charge in [-0.3, -0.25) is 14.3 Å². The predicted octanol–water partition coefficient (Wildman–Crippen LogP) is 5.49. The van der Waals surface area contributed by atoms with Gasteiger partial charge in [-0.05, 0) is 36.8 Å². The summed E-state index contributed by atoms with van der Waals surface area (Å²) in [5, 5.41) is 14.8. The van der Waals surface area contributed by atoms with Gasteiger partial charge in [-0.2, -0.15) is 0 Å². The van der Waals surface area contributed by atoms with Crippen LogP contribution >= 0.6 is 23.1 Å². The van der Waals surface area contributed by atoms with Crippen LogP contribution in [0.5, 0.6) is 0 Å². The van der Waals surface area contributed by atoms with Crippen molar-refractivity contribution in [1.29, 1.82) is 0 Å². The number of pyridine rings is 1. The topological polar surface area (TPSA) is 85.6 Å². The molecule has 5 aromatic rings. The van der Waals surface area contributed by atoms with Gasteiger partial charge in [-0.1, -0.05) is 54.2 Å². The first-order chi connectivity index (χ1) is 16.7. The van der Waals surface area contributed by atoms with Gasteiger partial charge in [-0.15, -0.1) is 21.5 Å². The predicted molar refractivity (Wildman–Crippen MR) is 136 cm³/mol. The molecule has 7 nitrogen and oxygen atoms in total. The van der Waals surface area contributed by atoms with Crippen molar-refractivity contribution in [1.82, 2.24) is 24.7 Å². The van der Waals surface area contributed by atoms with Crippen LogP contribution in [-0.4, -0.2) is 36.4 Å². The van der Waals surface area contributed by atoms with Gasteiger partial charge in [0.15, 0.2) is 16.1 Å². The summed E-state index contributed by atoms with van der Waals surface area (Å²) in [5.41, 5.74) is 4.83. The number of benzene rings is 2. The number of aromatic nitrogens is 5. The minimum atomic E-state index is -0.152.